The first-order valence-corrected chi connectivity index (χ1v) is 9.12. The van der Waals surface area contributed by atoms with Crippen LogP contribution in [0.5, 0.6) is 0 Å². The molecule has 0 spiro atoms. The third-order valence-electron chi connectivity index (χ3n) is 5.48. The Bertz CT molecular complexity index is 798. The predicted molar refractivity (Wildman–Crippen MR) is 98.4 cm³/mol. The van der Waals surface area contributed by atoms with Gasteiger partial charge in [0.1, 0.15) is 0 Å². The summed E-state index contributed by atoms with van der Waals surface area (Å²) in [5.74, 6) is -0.117. The normalized spacial score (nSPS) is 23.3. The van der Waals surface area contributed by atoms with Crippen LogP contribution in [0.1, 0.15) is 47.7 Å². The summed E-state index contributed by atoms with van der Waals surface area (Å²) in [5, 5.41) is 11.4. The van der Waals surface area contributed by atoms with Crippen LogP contribution in [0.15, 0.2) is 48.5 Å². The van der Waals surface area contributed by atoms with Crippen molar-refractivity contribution in [3.05, 3.63) is 65.2 Å². The minimum absolute atomic E-state index is 0.117. The summed E-state index contributed by atoms with van der Waals surface area (Å²) < 4.78 is 0. The predicted octanol–water partition coefficient (Wildman–Crippen LogP) is 3.50. The van der Waals surface area contributed by atoms with Gasteiger partial charge in [0.05, 0.1) is 5.69 Å². The lowest BCUT2D eigenvalue weighted by atomic mass is 9.98. The largest absolute Gasteiger partial charge is 0.366 e. The minimum atomic E-state index is -1.28. The van der Waals surface area contributed by atoms with Crippen molar-refractivity contribution in [2.45, 2.75) is 38.5 Å². The highest BCUT2D eigenvalue weighted by molar-refractivity contribution is 6.12. The molecule has 0 saturated carbocycles. The van der Waals surface area contributed by atoms with Crippen LogP contribution in [0.2, 0.25) is 0 Å². The Labute approximate surface area is 148 Å². The monoisotopic (exact) mass is 336 g/mol. The number of hydrogen-bond acceptors (Lipinski definition) is 3. The van der Waals surface area contributed by atoms with Crippen molar-refractivity contribution in [1.82, 2.24) is 4.90 Å². The van der Waals surface area contributed by atoms with Crippen molar-refractivity contribution in [1.29, 1.82) is 0 Å². The highest BCUT2D eigenvalue weighted by Gasteiger charge is 2.48. The zero-order chi connectivity index (χ0) is 17.4. The molecule has 2 heterocycles. The van der Waals surface area contributed by atoms with Gasteiger partial charge in [0.2, 0.25) is 0 Å². The molecule has 4 rings (SSSR count). The maximum Gasteiger partial charge on any atom is 0.261 e. The van der Waals surface area contributed by atoms with Crippen molar-refractivity contribution < 1.29 is 9.90 Å². The van der Waals surface area contributed by atoms with Gasteiger partial charge in [-0.25, -0.2) is 0 Å². The maximum absolute atomic E-state index is 13.1. The second-order valence-electron chi connectivity index (χ2n) is 6.97. The number of fused-ring (bicyclic) bond motifs is 1. The maximum atomic E-state index is 13.1. The first-order valence-electron chi connectivity index (χ1n) is 9.12. The van der Waals surface area contributed by atoms with Crippen LogP contribution in [0.3, 0.4) is 0 Å². The summed E-state index contributed by atoms with van der Waals surface area (Å²) in [6.45, 7) is 4.93. The number of nitrogens with zero attached hydrogens (tertiary/aromatic N) is 2. The Morgan fingerprint density at radius 3 is 2.48 bits per heavy atom. The van der Waals surface area contributed by atoms with E-state index in [2.05, 4.69) is 11.0 Å². The van der Waals surface area contributed by atoms with Crippen LogP contribution in [0.25, 0.3) is 0 Å². The van der Waals surface area contributed by atoms with Crippen molar-refractivity contribution >= 4 is 11.6 Å². The topological polar surface area (TPSA) is 43.8 Å². The zero-order valence-corrected chi connectivity index (χ0v) is 14.6. The van der Waals surface area contributed by atoms with E-state index in [1.807, 2.05) is 43.3 Å². The van der Waals surface area contributed by atoms with Crippen molar-refractivity contribution in [2.24, 2.45) is 0 Å². The van der Waals surface area contributed by atoms with Gasteiger partial charge >= 0.3 is 0 Å². The number of aliphatic hydroxyl groups is 1. The van der Waals surface area contributed by atoms with Crippen LogP contribution in [0, 0.1) is 0 Å². The van der Waals surface area contributed by atoms with Crippen LogP contribution in [0.4, 0.5) is 5.69 Å². The van der Waals surface area contributed by atoms with Gasteiger partial charge in [0.15, 0.2) is 5.72 Å². The number of benzene rings is 2. The second kappa shape index (κ2) is 6.28. The average Bonchev–Trinajstić information content (AvgIpc) is 3.23. The number of rotatable bonds is 4. The SMILES string of the molecule is CCC1(O)c2ccccc2C(=O)N1c1ccccc1CN1CCCC1. The van der Waals surface area contributed by atoms with E-state index in [1.54, 1.807) is 11.0 Å². The van der Waals surface area contributed by atoms with Crippen molar-refractivity contribution in [2.75, 3.05) is 18.0 Å². The van der Waals surface area contributed by atoms with Gasteiger partial charge in [-0.1, -0.05) is 43.3 Å². The van der Waals surface area contributed by atoms with E-state index in [-0.39, 0.29) is 5.91 Å². The van der Waals surface area contributed by atoms with Gasteiger partial charge < -0.3 is 5.11 Å². The third-order valence-corrected chi connectivity index (χ3v) is 5.48. The van der Waals surface area contributed by atoms with Crippen LogP contribution < -0.4 is 4.90 Å². The standard InChI is InChI=1S/C21H24N2O2/c1-2-21(25)18-11-5-4-10-17(18)20(24)23(21)19-12-6-3-9-16(19)15-22-13-7-8-14-22/h3-6,9-12,25H,2,7-8,13-15H2,1H3. The first kappa shape index (κ1) is 16.3. The molecule has 1 amide bonds. The van der Waals surface area contributed by atoms with E-state index in [0.29, 0.717) is 17.5 Å². The Hall–Kier alpha value is -2.17. The van der Waals surface area contributed by atoms with Gasteiger partial charge in [-0.15, -0.1) is 0 Å². The third kappa shape index (κ3) is 2.57. The molecule has 1 N–H and O–H groups in total. The number of carbonyl (C=O) groups excluding carboxylic acids is 1. The lowest BCUT2D eigenvalue weighted by Gasteiger charge is -2.35. The molecule has 0 aromatic heterocycles. The molecule has 0 radical (unpaired) electrons. The summed E-state index contributed by atoms with van der Waals surface area (Å²) in [4.78, 5) is 17.1. The molecular weight excluding hydrogens is 312 g/mol. The van der Waals surface area contributed by atoms with Crippen LogP contribution in [-0.2, 0) is 12.3 Å². The fourth-order valence-electron chi connectivity index (χ4n) is 4.13. The van der Waals surface area contributed by atoms with Gasteiger partial charge in [-0.3, -0.25) is 14.6 Å². The van der Waals surface area contributed by atoms with Crippen LogP contribution >= 0.6 is 0 Å². The van der Waals surface area contributed by atoms with E-state index in [9.17, 15) is 9.90 Å². The van der Waals surface area contributed by atoms with Crippen LogP contribution in [-0.4, -0.2) is 29.0 Å². The van der Waals surface area contributed by atoms with E-state index in [4.69, 9.17) is 0 Å². The molecule has 2 aliphatic rings. The highest BCUT2D eigenvalue weighted by atomic mass is 16.3. The van der Waals surface area contributed by atoms with Gasteiger partial charge in [0, 0.05) is 17.7 Å². The molecule has 0 aliphatic carbocycles. The summed E-state index contributed by atoms with van der Waals surface area (Å²) in [5.41, 5.74) is 1.94. The Morgan fingerprint density at radius 1 is 1.04 bits per heavy atom. The Morgan fingerprint density at radius 2 is 1.72 bits per heavy atom. The van der Waals surface area contributed by atoms with Crippen molar-refractivity contribution in [3.63, 3.8) is 0 Å². The molecule has 1 saturated heterocycles. The molecular formula is C21H24N2O2. The molecule has 4 nitrogen and oxygen atoms in total. The summed E-state index contributed by atoms with van der Waals surface area (Å²) in [6.07, 6.45) is 2.91. The van der Waals surface area contributed by atoms with E-state index >= 15 is 0 Å². The van der Waals surface area contributed by atoms with Gasteiger partial charge in [-0.2, -0.15) is 0 Å². The average molecular weight is 336 g/mol. The zero-order valence-electron chi connectivity index (χ0n) is 14.6. The molecule has 4 heteroatoms. The lowest BCUT2D eigenvalue weighted by molar-refractivity contribution is 0.0356. The summed E-state index contributed by atoms with van der Waals surface area (Å²) in [6, 6.07) is 15.4. The van der Waals surface area contributed by atoms with E-state index < -0.39 is 5.72 Å². The molecule has 2 aromatic rings. The number of likely N-dealkylation sites (tertiary alicyclic amines) is 1. The Balaban J connectivity index is 1.78. The highest BCUT2D eigenvalue weighted by Crippen LogP contribution is 2.43. The minimum Gasteiger partial charge on any atom is -0.366 e. The number of amides is 1. The molecule has 25 heavy (non-hydrogen) atoms. The second-order valence-corrected chi connectivity index (χ2v) is 6.97. The number of hydrogen-bond donors (Lipinski definition) is 1. The first-order chi connectivity index (χ1) is 12.1. The fraction of sp³-hybridized carbons (Fsp3) is 0.381. The summed E-state index contributed by atoms with van der Waals surface area (Å²) in [7, 11) is 0. The number of carbonyl (C=O) groups is 1. The fourth-order valence-corrected chi connectivity index (χ4v) is 4.13. The molecule has 130 valence electrons. The molecule has 1 atom stereocenters. The van der Waals surface area contributed by atoms with E-state index in [1.165, 1.54) is 12.8 Å². The Kier molecular flexibility index (Phi) is 4.10. The molecule has 0 bridgehead atoms. The van der Waals surface area contributed by atoms with Gasteiger partial charge in [-0.05, 0) is 50.0 Å². The van der Waals surface area contributed by atoms with E-state index in [0.717, 1.165) is 30.9 Å². The molecule has 2 aliphatic heterocycles. The number of anilines is 1. The van der Waals surface area contributed by atoms with Gasteiger partial charge in [0.25, 0.3) is 5.91 Å². The summed E-state index contributed by atoms with van der Waals surface area (Å²) >= 11 is 0. The molecule has 1 fully saturated rings. The number of para-hydroxylation sites is 1. The quantitative estimate of drug-likeness (QED) is 0.929. The lowest BCUT2D eigenvalue weighted by Crippen LogP contribution is -2.44. The van der Waals surface area contributed by atoms with Crippen molar-refractivity contribution in [3.8, 4) is 0 Å². The smallest absolute Gasteiger partial charge is 0.261 e. The molecule has 1 unspecified atom stereocenters. The molecule has 2 aromatic carbocycles.